The highest BCUT2D eigenvalue weighted by atomic mass is 16.5. The molecule has 7 heteroatoms. The van der Waals surface area contributed by atoms with Crippen molar-refractivity contribution in [3.8, 4) is 0 Å². The fourth-order valence-electron chi connectivity index (χ4n) is 4.29. The van der Waals surface area contributed by atoms with Gasteiger partial charge in [0, 0.05) is 36.4 Å². The number of hydrogen-bond acceptors (Lipinski definition) is 5. The van der Waals surface area contributed by atoms with Gasteiger partial charge in [0.15, 0.2) is 0 Å². The molecule has 1 aliphatic carbocycles. The van der Waals surface area contributed by atoms with Gasteiger partial charge in [-0.15, -0.1) is 0 Å². The Balaban J connectivity index is 1.79. The maximum Gasteiger partial charge on any atom is 0.408 e. The van der Waals surface area contributed by atoms with Gasteiger partial charge in [-0.3, -0.25) is 4.79 Å². The number of anilines is 2. The van der Waals surface area contributed by atoms with Crippen LogP contribution in [0.15, 0.2) is 48.5 Å². The second-order valence-electron chi connectivity index (χ2n) is 10.1. The van der Waals surface area contributed by atoms with E-state index < -0.39 is 11.6 Å². The number of nitrogens with zero attached hydrogens (tertiary/aromatic N) is 2. The summed E-state index contributed by atoms with van der Waals surface area (Å²) in [6, 6.07) is 15.9. The second-order valence-corrected chi connectivity index (χ2v) is 10.1. The van der Waals surface area contributed by atoms with Gasteiger partial charge < -0.3 is 25.2 Å². The molecule has 1 atom stereocenters. The van der Waals surface area contributed by atoms with E-state index in [1.165, 1.54) is 5.56 Å². The molecular weight excluding hydrogens is 440 g/mol. The van der Waals surface area contributed by atoms with Crippen LogP contribution in [0.25, 0.3) is 0 Å². The van der Waals surface area contributed by atoms with Crippen molar-refractivity contribution in [3.63, 3.8) is 0 Å². The lowest BCUT2D eigenvalue weighted by Gasteiger charge is -2.38. The quantitative estimate of drug-likeness (QED) is 0.554. The maximum absolute atomic E-state index is 13.7. The number of rotatable bonds is 9. The van der Waals surface area contributed by atoms with E-state index >= 15 is 0 Å². The van der Waals surface area contributed by atoms with Crippen molar-refractivity contribution in [2.45, 2.75) is 58.0 Å². The van der Waals surface area contributed by atoms with E-state index in [2.05, 4.69) is 35.4 Å². The molecule has 0 saturated heterocycles. The number of hydrogen-bond donors (Lipinski definition) is 2. The van der Waals surface area contributed by atoms with Crippen LogP contribution in [-0.2, 0) is 22.4 Å². The summed E-state index contributed by atoms with van der Waals surface area (Å²) in [6.07, 6.45) is 1.04. The van der Waals surface area contributed by atoms with E-state index in [0.717, 1.165) is 24.3 Å². The average molecular weight is 481 g/mol. The van der Waals surface area contributed by atoms with Crippen LogP contribution in [0.2, 0.25) is 0 Å². The number of carbonyl (C=O) groups is 2. The third-order valence-electron chi connectivity index (χ3n) is 7.23. The highest BCUT2D eigenvalue weighted by Gasteiger charge is 2.43. The number of amides is 2. The highest BCUT2D eigenvalue weighted by Crippen LogP contribution is 2.31. The van der Waals surface area contributed by atoms with Crippen molar-refractivity contribution in [2.24, 2.45) is 0 Å². The number of likely N-dealkylation sites (N-methyl/N-ethyl adjacent to an activating group) is 1. The molecule has 1 aliphatic rings. The molecular formula is C28H40N4O3. The first-order valence-electron chi connectivity index (χ1n) is 12.5. The van der Waals surface area contributed by atoms with E-state index in [-0.39, 0.29) is 18.1 Å². The Morgan fingerprint density at radius 3 is 2.23 bits per heavy atom. The zero-order chi connectivity index (χ0) is 25.6. The van der Waals surface area contributed by atoms with Crippen molar-refractivity contribution in [1.82, 2.24) is 10.2 Å². The average Bonchev–Trinajstić information content (AvgIpc) is 2.84. The van der Waals surface area contributed by atoms with Crippen LogP contribution < -0.4 is 15.5 Å². The fraction of sp³-hybridized carbons (Fsp3) is 0.500. The minimum atomic E-state index is -1.09. The normalized spacial score (nSPS) is 17.5. The van der Waals surface area contributed by atoms with E-state index in [1.807, 2.05) is 75.3 Å². The highest BCUT2D eigenvalue weighted by molar-refractivity contribution is 6.00. The number of aryl methyl sites for hydroxylation is 1. The zero-order valence-electron chi connectivity index (χ0n) is 22.0. The topological polar surface area (TPSA) is 73.9 Å². The standard InChI is InChI=1S/C28H40N4O3/c1-7-32(8-2)24-15-13-23(14-16-24)29-25(33)28(18-17-21-11-9-10-12-22(21)19-28)30-26(34)35-20-27(3,4)31(5)6/h9-16H,7-8,17-20H2,1-6H3,(H,29,33)(H,30,34). The van der Waals surface area contributed by atoms with Crippen molar-refractivity contribution >= 4 is 23.4 Å². The zero-order valence-corrected chi connectivity index (χ0v) is 22.0. The minimum Gasteiger partial charge on any atom is -0.448 e. The minimum absolute atomic E-state index is 0.215. The summed E-state index contributed by atoms with van der Waals surface area (Å²) in [5.41, 5.74) is 2.68. The van der Waals surface area contributed by atoms with Gasteiger partial charge in [-0.2, -0.15) is 0 Å². The first-order valence-corrected chi connectivity index (χ1v) is 12.5. The van der Waals surface area contributed by atoms with Gasteiger partial charge in [0.25, 0.3) is 5.91 Å². The maximum atomic E-state index is 13.7. The molecule has 0 saturated carbocycles. The Kier molecular flexibility index (Phi) is 8.43. The van der Waals surface area contributed by atoms with Crippen molar-refractivity contribution < 1.29 is 14.3 Å². The van der Waals surface area contributed by atoms with Gasteiger partial charge in [0.2, 0.25) is 0 Å². The number of alkyl carbamates (subject to hydrolysis) is 1. The van der Waals surface area contributed by atoms with Gasteiger partial charge in [-0.05, 0) is 90.0 Å². The van der Waals surface area contributed by atoms with Crippen LogP contribution >= 0.6 is 0 Å². The Morgan fingerprint density at radius 1 is 1.00 bits per heavy atom. The summed E-state index contributed by atoms with van der Waals surface area (Å²) in [5, 5.41) is 6.00. The largest absolute Gasteiger partial charge is 0.448 e. The Labute approximate surface area is 209 Å². The molecule has 190 valence electrons. The Morgan fingerprint density at radius 2 is 1.63 bits per heavy atom. The lowest BCUT2D eigenvalue weighted by molar-refractivity contribution is -0.122. The molecule has 2 aromatic rings. The molecule has 0 aliphatic heterocycles. The molecule has 2 aromatic carbocycles. The molecule has 0 aromatic heterocycles. The van der Waals surface area contributed by atoms with E-state index in [4.69, 9.17) is 4.74 Å². The molecule has 0 radical (unpaired) electrons. The van der Waals surface area contributed by atoms with Crippen LogP contribution in [0.4, 0.5) is 16.2 Å². The molecule has 3 rings (SSSR count). The summed E-state index contributed by atoms with van der Waals surface area (Å²) in [6.45, 7) is 10.3. The lowest BCUT2D eigenvalue weighted by Crippen LogP contribution is -2.60. The van der Waals surface area contributed by atoms with E-state index in [0.29, 0.717) is 24.9 Å². The second kappa shape index (κ2) is 11.1. The molecule has 0 fully saturated rings. The molecule has 35 heavy (non-hydrogen) atoms. The smallest absolute Gasteiger partial charge is 0.408 e. The molecule has 1 unspecified atom stereocenters. The van der Waals surface area contributed by atoms with Crippen LogP contribution in [0.1, 0.15) is 45.2 Å². The number of ether oxygens (including phenoxy) is 1. The summed E-state index contributed by atoms with van der Waals surface area (Å²) in [4.78, 5) is 30.8. The van der Waals surface area contributed by atoms with Crippen LogP contribution in [0.3, 0.4) is 0 Å². The van der Waals surface area contributed by atoms with Gasteiger partial charge in [-0.25, -0.2) is 4.79 Å². The number of fused-ring (bicyclic) bond motifs is 1. The van der Waals surface area contributed by atoms with Gasteiger partial charge in [0.05, 0.1) is 0 Å². The van der Waals surface area contributed by atoms with Crippen molar-refractivity contribution in [2.75, 3.05) is 44.0 Å². The van der Waals surface area contributed by atoms with Gasteiger partial charge >= 0.3 is 6.09 Å². The summed E-state index contributed by atoms with van der Waals surface area (Å²) >= 11 is 0. The van der Waals surface area contributed by atoms with Crippen LogP contribution in [0, 0.1) is 0 Å². The third kappa shape index (κ3) is 6.34. The first kappa shape index (κ1) is 26.5. The first-order chi connectivity index (χ1) is 16.6. The summed E-state index contributed by atoms with van der Waals surface area (Å²) in [5.74, 6) is -0.230. The predicted molar refractivity (Wildman–Crippen MR) is 142 cm³/mol. The predicted octanol–water partition coefficient (Wildman–Crippen LogP) is 4.47. The number of benzene rings is 2. The summed E-state index contributed by atoms with van der Waals surface area (Å²) in [7, 11) is 3.89. The van der Waals surface area contributed by atoms with Crippen LogP contribution in [-0.4, -0.2) is 61.8 Å². The number of nitrogens with one attached hydrogen (secondary N) is 2. The molecule has 0 spiro atoms. The fourth-order valence-corrected chi connectivity index (χ4v) is 4.29. The SMILES string of the molecule is CCN(CC)c1ccc(NC(=O)C2(NC(=O)OCC(C)(C)N(C)C)CCc3ccccc3C2)cc1. The van der Waals surface area contributed by atoms with Crippen molar-refractivity contribution in [1.29, 1.82) is 0 Å². The number of carbonyl (C=O) groups excluding carboxylic acids is 2. The Bertz CT molecular complexity index is 1020. The molecule has 2 N–H and O–H groups in total. The monoisotopic (exact) mass is 480 g/mol. The lowest BCUT2D eigenvalue weighted by atomic mass is 9.77. The third-order valence-corrected chi connectivity index (χ3v) is 7.23. The van der Waals surface area contributed by atoms with Gasteiger partial charge in [0.1, 0.15) is 12.1 Å². The van der Waals surface area contributed by atoms with E-state index in [9.17, 15) is 9.59 Å². The Hall–Kier alpha value is -3.06. The van der Waals surface area contributed by atoms with Crippen molar-refractivity contribution in [3.05, 3.63) is 59.7 Å². The molecule has 2 amide bonds. The van der Waals surface area contributed by atoms with E-state index in [1.54, 1.807) is 0 Å². The summed E-state index contributed by atoms with van der Waals surface area (Å²) < 4.78 is 5.57. The molecule has 0 heterocycles. The van der Waals surface area contributed by atoms with Crippen LogP contribution in [0.5, 0.6) is 0 Å². The van der Waals surface area contributed by atoms with Gasteiger partial charge in [-0.1, -0.05) is 24.3 Å². The molecule has 7 nitrogen and oxygen atoms in total. The molecule has 0 bridgehead atoms.